The van der Waals surface area contributed by atoms with Crippen LogP contribution in [0.4, 0.5) is 0 Å². The zero-order valence-electron chi connectivity index (χ0n) is 14.0. The van der Waals surface area contributed by atoms with Gasteiger partial charge in [-0.05, 0) is 57.0 Å². The van der Waals surface area contributed by atoms with E-state index in [1.54, 1.807) is 0 Å². The van der Waals surface area contributed by atoms with Crippen LogP contribution in [-0.4, -0.2) is 42.3 Å². The van der Waals surface area contributed by atoms with Crippen LogP contribution in [0, 0.1) is 0 Å². The molecule has 1 aromatic heterocycles. The van der Waals surface area contributed by atoms with Crippen molar-refractivity contribution in [3.8, 4) is 0 Å². The van der Waals surface area contributed by atoms with Crippen molar-refractivity contribution in [2.75, 3.05) is 19.7 Å². The van der Waals surface area contributed by atoms with Crippen LogP contribution in [0.2, 0.25) is 0 Å². The van der Waals surface area contributed by atoms with Crippen LogP contribution in [0.5, 0.6) is 0 Å². The highest BCUT2D eigenvalue weighted by Gasteiger charge is 2.43. The zero-order chi connectivity index (χ0) is 16.1. The first-order chi connectivity index (χ1) is 11.2. The topological polar surface area (TPSA) is 38.8 Å². The number of nitrogens with zero attached hydrogens (tertiary/aromatic N) is 1. The predicted octanol–water partition coefficient (Wildman–Crippen LogP) is 3.61. The van der Waals surface area contributed by atoms with E-state index in [-0.39, 0.29) is 17.7 Å². The van der Waals surface area contributed by atoms with Gasteiger partial charge in [-0.25, -0.2) is 0 Å². The van der Waals surface area contributed by atoms with E-state index in [0.29, 0.717) is 13.0 Å². The van der Waals surface area contributed by atoms with E-state index in [1.807, 2.05) is 18.3 Å². The van der Waals surface area contributed by atoms with Crippen LogP contribution < -0.4 is 0 Å². The third kappa shape index (κ3) is 4.55. The standard InChI is InChI=1S/C18H27NO3S/c1-2-21-17(20)7-6-15-8-10-18(22-15)9-4-11-19(14-18)13-16-5-3-12-23-16/h3,5,12,15H,2,4,6-11,13-14H2,1H3/t15-,18+/m1/s1. The first-order valence-corrected chi connectivity index (χ1v) is 9.65. The van der Waals surface area contributed by atoms with Crippen molar-refractivity contribution in [2.24, 2.45) is 0 Å². The number of thiophene rings is 1. The summed E-state index contributed by atoms with van der Waals surface area (Å²) in [5.41, 5.74) is 0.0227. The Morgan fingerprint density at radius 2 is 2.43 bits per heavy atom. The molecule has 0 amide bonds. The maximum Gasteiger partial charge on any atom is 0.305 e. The first-order valence-electron chi connectivity index (χ1n) is 8.77. The molecular weight excluding hydrogens is 310 g/mol. The Hall–Kier alpha value is -0.910. The molecule has 2 atom stereocenters. The molecule has 0 aromatic carbocycles. The largest absolute Gasteiger partial charge is 0.466 e. The zero-order valence-corrected chi connectivity index (χ0v) is 14.8. The van der Waals surface area contributed by atoms with Crippen molar-refractivity contribution in [3.05, 3.63) is 22.4 Å². The molecule has 23 heavy (non-hydrogen) atoms. The van der Waals surface area contributed by atoms with Crippen molar-refractivity contribution in [2.45, 2.75) is 63.7 Å². The number of carbonyl (C=O) groups is 1. The summed E-state index contributed by atoms with van der Waals surface area (Å²) in [6, 6.07) is 4.33. The molecule has 0 bridgehead atoms. The Morgan fingerprint density at radius 1 is 1.52 bits per heavy atom. The van der Waals surface area contributed by atoms with Crippen LogP contribution in [0.3, 0.4) is 0 Å². The van der Waals surface area contributed by atoms with Gasteiger partial charge in [-0.3, -0.25) is 9.69 Å². The highest BCUT2D eigenvalue weighted by molar-refractivity contribution is 7.09. The smallest absolute Gasteiger partial charge is 0.305 e. The lowest BCUT2D eigenvalue weighted by Gasteiger charge is -2.40. The van der Waals surface area contributed by atoms with Crippen LogP contribution in [0.1, 0.15) is 50.3 Å². The van der Waals surface area contributed by atoms with E-state index in [2.05, 4.69) is 22.4 Å². The maximum atomic E-state index is 11.5. The lowest BCUT2D eigenvalue weighted by molar-refractivity contribution is -0.144. The lowest BCUT2D eigenvalue weighted by Crippen LogP contribution is -2.47. The molecule has 1 spiro atoms. The summed E-state index contributed by atoms with van der Waals surface area (Å²) in [6.07, 6.45) is 6.06. The molecule has 0 N–H and O–H groups in total. The maximum absolute atomic E-state index is 11.5. The summed E-state index contributed by atoms with van der Waals surface area (Å²) in [7, 11) is 0. The minimum absolute atomic E-state index is 0.0227. The molecule has 2 saturated heterocycles. The Morgan fingerprint density at radius 3 is 3.22 bits per heavy atom. The van der Waals surface area contributed by atoms with Gasteiger partial charge in [0.15, 0.2) is 0 Å². The van der Waals surface area contributed by atoms with Crippen molar-refractivity contribution in [1.29, 1.82) is 0 Å². The van der Waals surface area contributed by atoms with Crippen LogP contribution in [0.15, 0.2) is 17.5 Å². The number of rotatable bonds is 6. The predicted molar refractivity (Wildman–Crippen MR) is 91.5 cm³/mol. The van der Waals surface area contributed by atoms with Gasteiger partial charge < -0.3 is 9.47 Å². The van der Waals surface area contributed by atoms with Gasteiger partial charge in [0.25, 0.3) is 0 Å². The molecule has 0 saturated carbocycles. The third-order valence-electron chi connectivity index (χ3n) is 4.89. The second-order valence-corrected chi connectivity index (χ2v) is 7.73. The molecule has 1 aromatic rings. The van der Waals surface area contributed by atoms with E-state index in [1.165, 1.54) is 11.3 Å². The fourth-order valence-corrected chi connectivity index (χ4v) is 4.61. The summed E-state index contributed by atoms with van der Waals surface area (Å²) in [5.74, 6) is -0.0972. The Bertz CT molecular complexity index is 504. The summed E-state index contributed by atoms with van der Waals surface area (Å²) in [6.45, 7) is 5.54. The normalized spacial score (nSPS) is 28.3. The van der Waals surface area contributed by atoms with E-state index in [9.17, 15) is 4.79 Å². The second-order valence-electron chi connectivity index (χ2n) is 6.70. The fraction of sp³-hybridized carbons (Fsp3) is 0.722. The number of ether oxygens (including phenoxy) is 2. The molecule has 2 aliphatic rings. The van der Waals surface area contributed by atoms with Crippen molar-refractivity contribution < 1.29 is 14.3 Å². The molecule has 2 aliphatic heterocycles. The highest BCUT2D eigenvalue weighted by atomic mass is 32.1. The van der Waals surface area contributed by atoms with Gasteiger partial charge in [0.05, 0.1) is 18.3 Å². The van der Waals surface area contributed by atoms with Crippen molar-refractivity contribution in [1.82, 2.24) is 4.90 Å². The van der Waals surface area contributed by atoms with E-state index in [4.69, 9.17) is 9.47 Å². The Balaban J connectivity index is 1.48. The molecule has 5 heteroatoms. The summed E-state index contributed by atoms with van der Waals surface area (Å²) in [4.78, 5) is 15.5. The van der Waals surface area contributed by atoms with E-state index >= 15 is 0 Å². The van der Waals surface area contributed by atoms with Gasteiger partial charge >= 0.3 is 5.97 Å². The molecule has 0 radical (unpaired) electrons. The minimum Gasteiger partial charge on any atom is -0.466 e. The highest BCUT2D eigenvalue weighted by Crippen LogP contribution is 2.39. The molecule has 0 aliphatic carbocycles. The average Bonchev–Trinajstić information content (AvgIpc) is 3.16. The third-order valence-corrected chi connectivity index (χ3v) is 5.75. The van der Waals surface area contributed by atoms with Crippen LogP contribution in [0.25, 0.3) is 0 Å². The number of hydrogen-bond donors (Lipinski definition) is 0. The van der Waals surface area contributed by atoms with Gasteiger partial charge in [-0.1, -0.05) is 6.07 Å². The van der Waals surface area contributed by atoms with Crippen LogP contribution >= 0.6 is 11.3 Å². The molecular formula is C18H27NO3S. The molecule has 3 heterocycles. The summed E-state index contributed by atoms with van der Waals surface area (Å²) in [5, 5.41) is 2.15. The number of piperidine rings is 1. The monoisotopic (exact) mass is 337 g/mol. The van der Waals surface area contributed by atoms with Gasteiger partial charge in [-0.2, -0.15) is 0 Å². The van der Waals surface area contributed by atoms with Gasteiger partial charge in [0.2, 0.25) is 0 Å². The van der Waals surface area contributed by atoms with E-state index in [0.717, 1.165) is 45.3 Å². The molecule has 3 rings (SSSR count). The summed E-state index contributed by atoms with van der Waals surface area (Å²) >= 11 is 1.83. The lowest BCUT2D eigenvalue weighted by atomic mass is 9.89. The average molecular weight is 337 g/mol. The van der Waals surface area contributed by atoms with Crippen LogP contribution in [-0.2, 0) is 20.8 Å². The van der Waals surface area contributed by atoms with Gasteiger partial charge in [0.1, 0.15) is 0 Å². The number of esters is 1. The Labute approximate surface area is 142 Å². The number of carbonyl (C=O) groups excluding carboxylic acids is 1. The molecule has 2 fully saturated rings. The Kier molecular flexibility index (Phi) is 5.72. The van der Waals surface area contributed by atoms with Crippen molar-refractivity contribution >= 4 is 17.3 Å². The van der Waals surface area contributed by atoms with E-state index < -0.39 is 0 Å². The number of likely N-dealkylation sites (tertiary alicyclic amines) is 1. The second kappa shape index (κ2) is 7.77. The number of hydrogen-bond acceptors (Lipinski definition) is 5. The van der Waals surface area contributed by atoms with Gasteiger partial charge in [-0.15, -0.1) is 11.3 Å². The minimum atomic E-state index is -0.0972. The van der Waals surface area contributed by atoms with Crippen molar-refractivity contribution in [3.63, 3.8) is 0 Å². The quantitative estimate of drug-likeness (QED) is 0.744. The summed E-state index contributed by atoms with van der Waals surface area (Å²) < 4.78 is 11.4. The first kappa shape index (κ1) is 16.9. The molecule has 128 valence electrons. The molecule has 0 unspecified atom stereocenters. The molecule has 4 nitrogen and oxygen atoms in total. The fourth-order valence-electron chi connectivity index (χ4n) is 3.86. The van der Waals surface area contributed by atoms with Gasteiger partial charge in [0, 0.05) is 24.4 Å². The SMILES string of the molecule is CCOC(=O)CC[C@@H]1CC[C@]2(CCCN(Cc3cccs3)C2)O1.